The fourth-order valence-electron chi connectivity index (χ4n) is 1.38. The van der Waals surface area contributed by atoms with Gasteiger partial charge in [0, 0.05) is 6.07 Å². The van der Waals surface area contributed by atoms with Crippen LogP contribution in [0.3, 0.4) is 0 Å². The number of aromatic nitrogens is 3. The van der Waals surface area contributed by atoms with Crippen LogP contribution in [0.25, 0.3) is 0 Å². The number of H-pyrrole nitrogens is 1. The maximum absolute atomic E-state index is 11.4. The number of aromatic amines is 1. The van der Waals surface area contributed by atoms with Crippen molar-refractivity contribution in [2.24, 2.45) is 0 Å². The molecule has 0 aromatic carbocycles. The minimum Gasteiger partial charge on any atom is -0.489 e. The number of aryl methyl sites for hydroxylation is 1. The van der Waals surface area contributed by atoms with Gasteiger partial charge in [-0.2, -0.15) is 0 Å². The molecular formula is C10H12N4O3. The van der Waals surface area contributed by atoms with Gasteiger partial charge in [-0.25, -0.2) is 4.98 Å². The van der Waals surface area contributed by atoms with Gasteiger partial charge < -0.3 is 19.6 Å². The number of nitrogens with one attached hydrogen (secondary N) is 2. The Balaban J connectivity index is 2.14. The van der Waals surface area contributed by atoms with Crippen molar-refractivity contribution in [1.29, 1.82) is 0 Å². The molecule has 2 aromatic heterocycles. The van der Waals surface area contributed by atoms with E-state index in [-0.39, 0.29) is 11.3 Å². The SMILES string of the molecule is COc1c(NCc2cc(C)on2)nc[nH]c1=O. The molecule has 2 rings (SSSR count). The summed E-state index contributed by atoms with van der Waals surface area (Å²) in [5.74, 6) is 1.25. The van der Waals surface area contributed by atoms with Gasteiger partial charge in [0.2, 0.25) is 5.75 Å². The van der Waals surface area contributed by atoms with Crippen LogP contribution >= 0.6 is 0 Å². The molecule has 0 aliphatic heterocycles. The number of nitrogens with zero attached hydrogens (tertiary/aromatic N) is 2. The molecule has 90 valence electrons. The van der Waals surface area contributed by atoms with Crippen LogP contribution < -0.4 is 15.6 Å². The van der Waals surface area contributed by atoms with E-state index in [9.17, 15) is 4.79 Å². The predicted molar refractivity (Wildman–Crippen MR) is 60.0 cm³/mol. The highest BCUT2D eigenvalue weighted by atomic mass is 16.5. The van der Waals surface area contributed by atoms with Crippen molar-refractivity contribution in [2.75, 3.05) is 12.4 Å². The molecule has 0 spiro atoms. The summed E-state index contributed by atoms with van der Waals surface area (Å²) in [7, 11) is 1.41. The Morgan fingerprint density at radius 2 is 2.41 bits per heavy atom. The van der Waals surface area contributed by atoms with Gasteiger partial charge >= 0.3 is 0 Å². The summed E-state index contributed by atoms with van der Waals surface area (Å²) in [4.78, 5) is 17.8. The maximum Gasteiger partial charge on any atom is 0.295 e. The van der Waals surface area contributed by atoms with Crippen molar-refractivity contribution in [3.05, 3.63) is 34.2 Å². The Morgan fingerprint density at radius 3 is 3.06 bits per heavy atom. The molecule has 2 aromatic rings. The van der Waals surface area contributed by atoms with Gasteiger partial charge in [0.05, 0.1) is 20.0 Å². The number of methoxy groups -OCH3 is 1. The Kier molecular flexibility index (Phi) is 3.08. The first-order valence-electron chi connectivity index (χ1n) is 4.98. The summed E-state index contributed by atoms with van der Waals surface area (Å²) in [5, 5.41) is 6.77. The Morgan fingerprint density at radius 1 is 1.59 bits per heavy atom. The van der Waals surface area contributed by atoms with E-state index in [0.29, 0.717) is 12.4 Å². The fourth-order valence-corrected chi connectivity index (χ4v) is 1.38. The lowest BCUT2D eigenvalue weighted by Crippen LogP contribution is -2.14. The third-order valence-electron chi connectivity index (χ3n) is 2.13. The zero-order valence-corrected chi connectivity index (χ0v) is 9.48. The zero-order chi connectivity index (χ0) is 12.3. The van der Waals surface area contributed by atoms with Crippen LogP contribution in [0, 0.1) is 6.92 Å². The van der Waals surface area contributed by atoms with Crippen molar-refractivity contribution in [2.45, 2.75) is 13.5 Å². The summed E-state index contributed by atoms with van der Waals surface area (Å²) in [5.41, 5.74) is 0.396. The normalized spacial score (nSPS) is 10.2. The van der Waals surface area contributed by atoms with E-state index in [0.717, 1.165) is 11.5 Å². The minimum absolute atomic E-state index is 0.146. The van der Waals surface area contributed by atoms with E-state index in [1.165, 1.54) is 13.4 Å². The molecule has 0 radical (unpaired) electrons. The van der Waals surface area contributed by atoms with Crippen LogP contribution in [0.4, 0.5) is 5.82 Å². The monoisotopic (exact) mass is 236 g/mol. The summed E-state index contributed by atoms with van der Waals surface area (Å²) in [6, 6.07) is 1.80. The molecular weight excluding hydrogens is 224 g/mol. The van der Waals surface area contributed by atoms with E-state index in [1.807, 2.05) is 6.92 Å². The first-order chi connectivity index (χ1) is 8.20. The Labute approximate surface area is 96.8 Å². The lowest BCUT2D eigenvalue weighted by Gasteiger charge is -2.06. The highest BCUT2D eigenvalue weighted by Gasteiger charge is 2.09. The molecule has 17 heavy (non-hydrogen) atoms. The van der Waals surface area contributed by atoms with E-state index in [1.54, 1.807) is 6.07 Å². The summed E-state index contributed by atoms with van der Waals surface area (Å²) in [6.07, 6.45) is 1.31. The predicted octanol–water partition coefficient (Wildman–Crippen LogP) is 0.687. The molecule has 0 saturated carbocycles. The molecule has 0 saturated heterocycles. The quantitative estimate of drug-likeness (QED) is 0.811. The van der Waals surface area contributed by atoms with Crippen molar-refractivity contribution in [3.8, 4) is 5.75 Å². The van der Waals surface area contributed by atoms with Gasteiger partial charge in [-0.05, 0) is 6.92 Å². The topological polar surface area (TPSA) is 93.0 Å². The third kappa shape index (κ3) is 2.44. The molecule has 0 amide bonds. The molecule has 2 heterocycles. The second-order valence-corrected chi connectivity index (χ2v) is 3.40. The Bertz CT molecular complexity index is 561. The highest BCUT2D eigenvalue weighted by Crippen LogP contribution is 2.15. The summed E-state index contributed by atoms with van der Waals surface area (Å²) < 4.78 is 9.88. The summed E-state index contributed by atoms with van der Waals surface area (Å²) >= 11 is 0. The van der Waals surface area contributed by atoms with Crippen molar-refractivity contribution in [1.82, 2.24) is 15.1 Å². The lowest BCUT2D eigenvalue weighted by atomic mass is 10.3. The molecule has 0 unspecified atom stereocenters. The van der Waals surface area contributed by atoms with E-state index < -0.39 is 0 Å². The van der Waals surface area contributed by atoms with Gasteiger partial charge in [-0.15, -0.1) is 0 Å². The van der Waals surface area contributed by atoms with Crippen LogP contribution in [0.15, 0.2) is 21.7 Å². The van der Waals surface area contributed by atoms with Gasteiger partial charge in [0.15, 0.2) is 5.82 Å². The number of hydrogen-bond acceptors (Lipinski definition) is 6. The van der Waals surface area contributed by atoms with Gasteiger partial charge in [0.1, 0.15) is 11.5 Å². The fraction of sp³-hybridized carbons (Fsp3) is 0.300. The number of ether oxygens (including phenoxy) is 1. The largest absolute Gasteiger partial charge is 0.489 e. The minimum atomic E-state index is -0.332. The van der Waals surface area contributed by atoms with Crippen molar-refractivity contribution in [3.63, 3.8) is 0 Å². The van der Waals surface area contributed by atoms with Crippen LogP contribution in [0.2, 0.25) is 0 Å². The van der Waals surface area contributed by atoms with Crippen molar-refractivity contribution < 1.29 is 9.26 Å². The zero-order valence-electron chi connectivity index (χ0n) is 9.48. The van der Waals surface area contributed by atoms with Crippen LogP contribution in [-0.4, -0.2) is 22.2 Å². The molecule has 0 aliphatic rings. The third-order valence-corrected chi connectivity index (χ3v) is 2.13. The number of anilines is 1. The van der Waals surface area contributed by atoms with Gasteiger partial charge in [0.25, 0.3) is 5.56 Å². The Hall–Kier alpha value is -2.31. The number of rotatable bonds is 4. The average Bonchev–Trinajstić information content (AvgIpc) is 2.72. The average molecular weight is 236 g/mol. The lowest BCUT2D eigenvalue weighted by molar-refractivity contribution is 0.391. The van der Waals surface area contributed by atoms with E-state index in [4.69, 9.17) is 9.26 Å². The molecule has 7 heteroatoms. The second-order valence-electron chi connectivity index (χ2n) is 3.40. The first-order valence-corrected chi connectivity index (χ1v) is 4.98. The van der Waals surface area contributed by atoms with E-state index >= 15 is 0 Å². The number of hydrogen-bond donors (Lipinski definition) is 2. The van der Waals surface area contributed by atoms with Gasteiger partial charge in [-0.3, -0.25) is 4.79 Å². The molecule has 0 aliphatic carbocycles. The van der Waals surface area contributed by atoms with E-state index in [2.05, 4.69) is 20.4 Å². The molecule has 0 bridgehead atoms. The maximum atomic E-state index is 11.4. The summed E-state index contributed by atoms with van der Waals surface area (Å²) in [6.45, 7) is 2.21. The molecule has 7 nitrogen and oxygen atoms in total. The molecule has 0 fully saturated rings. The highest BCUT2D eigenvalue weighted by molar-refractivity contribution is 5.47. The smallest absolute Gasteiger partial charge is 0.295 e. The molecule has 0 atom stereocenters. The first kappa shape index (κ1) is 11.2. The van der Waals surface area contributed by atoms with Crippen LogP contribution in [0.5, 0.6) is 5.75 Å². The van der Waals surface area contributed by atoms with Crippen LogP contribution in [-0.2, 0) is 6.54 Å². The van der Waals surface area contributed by atoms with Crippen LogP contribution in [0.1, 0.15) is 11.5 Å². The van der Waals surface area contributed by atoms with Gasteiger partial charge in [-0.1, -0.05) is 5.16 Å². The second kappa shape index (κ2) is 4.69. The molecule has 2 N–H and O–H groups in total. The van der Waals surface area contributed by atoms with Crippen molar-refractivity contribution >= 4 is 5.82 Å². The standard InChI is InChI=1S/C10H12N4O3/c1-6-3-7(14-17-6)4-11-9-8(16-2)10(15)13-5-12-9/h3,5H,4H2,1-2H3,(H2,11,12,13,15).